The number of aromatic nitrogens is 2. The molecule has 0 amide bonds. The highest BCUT2D eigenvalue weighted by Crippen LogP contribution is 2.24. The molecule has 0 radical (unpaired) electrons. The van der Waals surface area contributed by atoms with E-state index < -0.39 is 0 Å². The molecule has 0 aliphatic heterocycles. The number of aryl methyl sites for hydroxylation is 1. The molecule has 2 aromatic rings. The highest BCUT2D eigenvalue weighted by atomic mass is 16.4. The van der Waals surface area contributed by atoms with Crippen molar-refractivity contribution in [1.82, 2.24) is 15.5 Å². The van der Waals surface area contributed by atoms with Crippen LogP contribution in [0.15, 0.2) is 21.2 Å². The van der Waals surface area contributed by atoms with Gasteiger partial charge in [0.15, 0.2) is 5.76 Å². The van der Waals surface area contributed by atoms with Crippen LogP contribution in [0, 0.1) is 6.92 Å². The van der Waals surface area contributed by atoms with E-state index >= 15 is 0 Å². The van der Waals surface area contributed by atoms with Crippen molar-refractivity contribution in [2.75, 3.05) is 6.54 Å². The van der Waals surface area contributed by atoms with Crippen LogP contribution in [0.25, 0.3) is 11.7 Å². The largest absolute Gasteiger partial charge is 0.459 e. The summed E-state index contributed by atoms with van der Waals surface area (Å²) < 4.78 is 10.9. The third-order valence-electron chi connectivity index (χ3n) is 2.57. The molecule has 17 heavy (non-hydrogen) atoms. The van der Waals surface area contributed by atoms with Gasteiger partial charge in [0.1, 0.15) is 0 Å². The lowest BCUT2D eigenvalue weighted by Gasteiger charge is -2.07. The molecule has 2 rings (SSSR count). The molecule has 1 atom stereocenters. The number of rotatable bonds is 5. The Morgan fingerprint density at radius 3 is 2.88 bits per heavy atom. The number of hydrogen-bond donors (Lipinski definition) is 1. The lowest BCUT2D eigenvalue weighted by molar-refractivity contribution is 0.415. The predicted octanol–water partition coefficient (Wildman–Crippen LogP) is 2.70. The topological polar surface area (TPSA) is 64.1 Å². The molecule has 92 valence electrons. The molecule has 1 unspecified atom stereocenters. The predicted molar refractivity (Wildman–Crippen MR) is 63.4 cm³/mol. The van der Waals surface area contributed by atoms with E-state index in [9.17, 15) is 0 Å². The number of nitrogens with zero attached hydrogens (tertiary/aromatic N) is 2. The maximum Gasteiger partial charge on any atom is 0.283 e. The fourth-order valence-corrected chi connectivity index (χ4v) is 1.54. The Balaban J connectivity index is 2.13. The molecule has 0 fully saturated rings. The Morgan fingerprint density at radius 1 is 1.41 bits per heavy atom. The van der Waals surface area contributed by atoms with Crippen molar-refractivity contribution in [3.05, 3.63) is 23.8 Å². The molecule has 0 aliphatic carbocycles. The van der Waals surface area contributed by atoms with Crippen LogP contribution in [0.5, 0.6) is 0 Å². The summed E-state index contributed by atoms with van der Waals surface area (Å²) in [4.78, 5) is 0. The van der Waals surface area contributed by atoms with Crippen LogP contribution >= 0.6 is 0 Å². The van der Waals surface area contributed by atoms with Crippen LogP contribution in [-0.2, 0) is 0 Å². The number of furan rings is 1. The molecule has 0 saturated carbocycles. The van der Waals surface area contributed by atoms with Gasteiger partial charge in [-0.2, -0.15) is 0 Å². The minimum Gasteiger partial charge on any atom is -0.459 e. The summed E-state index contributed by atoms with van der Waals surface area (Å²) >= 11 is 0. The van der Waals surface area contributed by atoms with Gasteiger partial charge in [-0.25, -0.2) is 0 Å². The van der Waals surface area contributed by atoms with Crippen LogP contribution in [-0.4, -0.2) is 16.7 Å². The van der Waals surface area contributed by atoms with E-state index in [0.717, 1.165) is 18.5 Å². The minimum atomic E-state index is 0.0615. The molecule has 5 nitrogen and oxygen atoms in total. The van der Waals surface area contributed by atoms with Crippen molar-refractivity contribution in [2.24, 2.45) is 0 Å². The molecule has 0 spiro atoms. The Bertz CT molecular complexity index is 476. The van der Waals surface area contributed by atoms with Crippen molar-refractivity contribution in [1.29, 1.82) is 0 Å². The highest BCUT2D eigenvalue weighted by molar-refractivity contribution is 5.49. The molecular formula is C12H17N3O2. The normalized spacial score (nSPS) is 12.9. The van der Waals surface area contributed by atoms with Gasteiger partial charge in [0.25, 0.3) is 5.89 Å². The van der Waals surface area contributed by atoms with Crippen molar-refractivity contribution in [2.45, 2.75) is 33.2 Å². The second-order valence-corrected chi connectivity index (χ2v) is 4.05. The SMILES string of the molecule is CCCNC(C)c1nnc(-c2occc2C)o1. The molecule has 1 N–H and O–H groups in total. The lowest BCUT2D eigenvalue weighted by Crippen LogP contribution is -2.19. The third-order valence-corrected chi connectivity index (χ3v) is 2.57. The summed E-state index contributed by atoms with van der Waals surface area (Å²) in [5.41, 5.74) is 0.995. The second kappa shape index (κ2) is 5.14. The molecule has 2 aromatic heterocycles. The van der Waals surface area contributed by atoms with Gasteiger partial charge in [-0.1, -0.05) is 6.92 Å². The Labute approximate surface area is 100 Å². The molecule has 0 bridgehead atoms. The third kappa shape index (κ3) is 2.55. The minimum absolute atomic E-state index is 0.0615. The van der Waals surface area contributed by atoms with Gasteiger partial charge in [-0.3, -0.25) is 0 Å². The van der Waals surface area contributed by atoms with Gasteiger partial charge < -0.3 is 14.2 Å². The zero-order chi connectivity index (χ0) is 12.3. The first kappa shape index (κ1) is 11.9. The average molecular weight is 235 g/mol. The first-order chi connectivity index (χ1) is 8.22. The first-order valence-electron chi connectivity index (χ1n) is 5.83. The van der Waals surface area contributed by atoms with Gasteiger partial charge in [-0.05, 0) is 32.9 Å². The van der Waals surface area contributed by atoms with E-state index in [0.29, 0.717) is 17.5 Å². The monoisotopic (exact) mass is 235 g/mol. The van der Waals surface area contributed by atoms with Gasteiger partial charge in [0.2, 0.25) is 5.89 Å². The summed E-state index contributed by atoms with van der Waals surface area (Å²) in [6.07, 6.45) is 2.69. The van der Waals surface area contributed by atoms with Crippen LogP contribution in [0.4, 0.5) is 0 Å². The van der Waals surface area contributed by atoms with Crippen LogP contribution in [0.1, 0.15) is 37.8 Å². The van der Waals surface area contributed by atoms with Crippen molar-refractivity contribution < 1.29 is 8.83 Å². The van der Waals surface area contributed by atoms with E-state index in [-0.39, 0.29) is 6.04 Å². The van der Waals surface area contributed by atoms with E-state index in [1.165, 1.54) is 0 Å². The maximum atomic E-state index is 5.59. The Hall–Kier alpha value is -1.62. The van der Waals surface area contributed by atoms with Crippen LogP contribution in [0.2, 0.25) is 0 Å². The summed E-state index contributed by atoms with van der Waals surface area (Å²) in [5.74, 6) is 1.67. The smallest absolute Gasteiger partial charge is 0.283 e. The van der Waals surface area contributed by atoms with E-state index in [4.69, 9.17) is 8.83 Å². The molecule has 2 heterocycles. The lowest BCUT2D eigenvalue weighted by atomic mass is 10.3. The quantitative estimate of drug-likeness (QED) is 0.863. The fourth-order valence-electron chi connectivity index (χ4n) is 1.54. The van der Waals surface area contributed by atoms with E-state index in [1.807, 2.05) is 19.9 Å². The summed E-state index contributed by atoms with van der Waals surface area (Å²) in [7, 11) is 0. The number of nitrogens with one attached hydrogen (secondary N) is 1. The maximum absolute atomic E-state index is 5.59. The van der Waals surface area contributed by atoms with Crippen LogP contribution < -0.4 is 5.32 Å². The summed E-state index contributed by atoms with van der Waals surface area (Å²) in [6.45, 7) is 6.99. The van der Waals surface area contributed by atoms with E-state index in [1.54, 1.807) is 6.26 Å². The molecule has 0 saturated heterocycles. The van der Waals surface area contributed by atoms with E-state index in [2.05, 4.69) is 22.4 Å². The summed E-state index contributed by atoms with van der Waals surface area (Å²) in [5, 5.41) is 11.3. The van der Waals surface area contributed by atoms with Crippen LogP contribution in [0.3, 0.4) is 0 Å². The standard InChI is InChI=1S/C12H17N3O2/c1-4-6-13-9(3)11-14-15-12(17-11)10-8(2)5-7-16-10/h5,7,9,13H,4,6H2,1-3H3. The molecule has 5 heteroatoms. The molecule has 0 aliphatic rings. The fraction of sp³-hybridized carbons (Fsp3) is 0.500. The van der Waals surface area contributed by atoms with Crippen molar-refractivity contribution in [3.8, 4) is 11.7 Å². The first-order valence-corrected chi connectivity index (χ1v) is 5.83. The summed E-state index contributed by atoms with van der Waals surface area (Å²) in [6, 6.07) is 1.93. The Kier molecular flexibility index (Phi) is 3.58. The second-order valence-electron chi connectivity index (χ2n) is 4.05. The van der Waals surface area contributed by atoms with Crippen molar-refractivity contribution >= 4 is 0 Å². The molecular weight excluding hydrogens is 218 g/mol. The highest BCUT2D eigenvalue weighted by Gasteiger charge is 2.17. The zero-order valence-electron chi connectivity index (χ0n) is 10.4. The zero-order valence-corrected chi connectivity index (χ0v) is 10.4. The molecule has 0 aromatic carbocycles. The number of hydrogen-bond acceptors (Lipinski definition) is 5. The Morgan fingerprint density at radius 2 is 2.24 bits per heavy atom. The van der Waals surface area contributed by atoms with Crippen molar-refractivity contribution in [3.63, 3.8) is 0 Å². The van der Waals surface area contributed by atoms with Gasteiger partial charge in [-0.15, -0.1) is 10.2 Å². The van der Waals surface area contributed by atoms with Gasteiger partial charge in [0.05, 0.1) is 12.3 Å². The van der Waals surface area contributed by atoms with Gasteiger partial charge >= 0.3 is 0 Å². The average Bonchev–Trinajstić information content (AvgIpc) is 2.93. The van der Waals surface area contributed by atoms with Gasteiger partial charge in [0, 0.05) is 5.56 Å².